The molecule has 0 saturated carbocycles. The van der Waals surface area contributed by atoms with E-state index in [1.54, 1.807) is 54.9 Å². The molecule has 1 unspecified atom stereocenters. The van der Waals surface area contributed by atoms with Gasteiger partial charge < -0.3 is 4.90 Å². The van der Waals surface area contributed by atoms with Crippen LogP contribution in [0.2, 0.25) is 0 Å². The minimum atomic E-state index is -1.04. The molecule has 0 N–H and O–H groups in total. The van der Waals surface area contributed by atoms with Crippen LogP contribution in [0, 0.1) is 9.39 Å². The molecule has 1 fully saturated rings. The lowest BCUT2D eigenvalue weighted by atomic mass is 10.1. The molecule has 1 saturated heterocycles. The van der Waals surface area contributed by atoms with E-state index in [2.05, 4.69) is 27.6 Å². The van der Waals surface area contributed by atoms with Crippen molar-refractivity contribution in [1.82, 2.24) is 9.88 Å². The molecule has 156 valence electrons. The van der Waals surface area contributed by atoms with E-state index >= 15 is 0 Å². The molecule has 0 radical (unpaired) electrons. The predicted molar refractivity (Wildman–Crippen MR) is 121 cm³/mol. The summed E-state index contributed by atoms with van der Waals surface area (Å²) < 4.78 is 15.3. The topological polar surface area (TPSA) is 70.6 Å². The van der Waals surface area contributed by atoms with Gasteiger partial charge in [-0.15, -0.1) is 0 Å². The second-order valence-electron chi connectivity index (χ2n) is 7.04. The first-order valence-electron chi connectivity index (χ1n) is 9.52. The van der Waals surface area contributed by atoms with Gasteiger partial charge in [-0.25, -0.2) is 9.29 Å². The summed E-state index contributed by atoms with van der Waals surface area (Å²) in [4.78, 5) is 45.7. The molecule has 3 amide bonds. The van der Waals surface area contributed by atoms with E-state index in [0.717, 1.165) is 8.47 Å². The number of imide groups is 1. The van der Waals surface area contributed by atoms with Crippen LogP contribution in [-0.4, -0.2) is 33.6 Å². The Bertz CT molecular complexity index is 1140. The first-order valence-corrected chi connectivity index (χ1v) is 10.6. The molecule has 2 heterocycles. The summed E-state index contributed by atoms with van der Waals surface area (Å²) in [5, 5.41) is 0. The molecule has 6 nitrogen and oxygen atoms in total. The zero-order valence-corrected chi connectivity index (χ0v) is 18.4. The van der Waals surface area contributed by atoms with Crippen molar-refractivity contribution in [2.75, 3.05) is 4.90 Å². The first-order chi connectivity index (χ1) is 15.0. The number of aromatic nitrogens is 1. The average molecular weight is 529 g/mol. The van der Waals surface area contributed by atoms with Crippen LogP contribution in [0.4, 0.5) is 10.1 Å². The number of benzene rings is 2. The van der Waals surface area contributed by atoms with Crippen molar-refractivity contribution in [2.24, 2.45) is 0 Å². The third-order valence-corrected chi connectivity index (χ3v) is 5.74. The fourth-order valence-corrected chi connectivity index (χ4v) is 3.88. The molecular weight excluding hydrogens is 512 g/mol. The molecular formula is C23H17FIN3O3. The number of halogens is 2. The maximum absolute atomic E-state index is 14.4. The second kappa shape index (κ2) is 8.93. The molecule has 8 heteroatoms. The summed E-state index contributed by atoms with van der Waals surface area (Å²) in [6.07, 6.45) is 2.99. The maximum atomic E-state index is 14.4. The molecule has 1 aromatic heterocycles. The SMILES string of the molecule is O=C1CC(N(Cc2cccnc2)C(=O)c2ccccc2F)C(=O)N1c1ccc(I)cc1. The summed E-state index contributed by atoms with van der Waals surface area (Å²) in [5.41, 5.74) is 0.956. The number of nitrogens with zero attached hydrogens (tertiary/aromatic N) is 3. The van der Waals surface area contributed by atoms with Gasteiger partial charge in [0.05, 0.1) is 17.7 Å². The van der Waals surface area contributed by atoms with Gasteiger partial charge in [-0.1, -0.05) is 18.2 Å². The quantitative estimate of drug-likeness (QED) is 0.373. The Labute approximate surface area is 191 Å². The lowest BCUT2D eigenvalue weighted by Crippen LogP contribution is -2.45. The van der Waals surface area contributed by atoms with Crippen LogP contribution in [0.3, 0.4) is 0 Å². The van der Waals surface area contributed by atoms with Gasteiger partial charge in [0.25, 0.3) is 11.8 Å². The van der Waals surface area contributed by atoms with Crippen molar-refractivity contribution in [3.05, 3.63) is 93.6 Å². The van der Waals surface area contributed by atoms with Crippen molar-refractivity contribution in [3.63, 3.8) is 0 Å². The zero-order chi connectivity index (χ0) is 22.0. The molecule has 4 rings (SSSR count). The average Bonchev–Trinajstić information content (AvgIpc) is 3.07. The van der Waals surface area contributed by atoms with Crippen LogP contribution in [0.15, 0.2) is 73.1 Å². The summed E-state index contributed by atoms with van der Waals surface area (Å²) in [5.74, 6) is -2.26. The molecule has 0 aliphatic carbocycles. The molecule has 3 aromatic rings. The van der Waals surface area contributed by atoms with E-state index in [4.69, 9.17) is 0 Å². The van der Waals surface area contributed by atoms with Crippen molar-refractivity contribution in [2.45, 2.75) is 19.0 Å². The maximum Gasteiger partial charge on any atom is 0.257 e. The van der Waals surface area contributed by atoms with Crippen LogP contribution in [0.5, 0.6) is 0 Å². The van der Waals surface area contributed by atoms with Crippen LogP contribution >= 0.6 is 22.6 Å². The van der Waals surface area contributed by atoms with Crippen LogP contribution in [-0.2, 0) is 16.1 Å². The summed E-state index contributed by atoms with van der Waals surface area (Å²) in [6.45, 7) is 0.0191. The van der Waals surface area contributed by atoms with E-state index in [1.807, 2.05) is 0 Å². The van der Waals surface area contributed by atoms with Gasteiger partial charge in [0.15, 0.2) is 0 Å². The van der Waals surface area contributed by atoms with Gasteiger partial charge >= 0.3 is 0 Å². The second-order valence-corrected chi connectivity index (χ2v) is 8.28. The number of anilines is 1. The monoisotopic (exact) mass is 529 g/mol. The van der Waals surface area contributed by atoms with Crippen LogP contribution in [0.25, 0.3) is 0 Å². The van der Waals surface area contributed by atoms with Crippen molar-refractivity contribution >= 4 is 46.0 Å². The lowest BCUT2D eigenvalue weighted by Gasteiger charge is -2.28. The van der Waals surface area contributed by atoms with E-state index < -0.39 is 29.6 Å². The van der Waals surface area contributed by atoms with Crippen molar-refractivity contribution in [3.8, 4) is 0 Å². The number of carbonyl (C=O) groups excluding carboxylic acids is 3. The van der Waals surface area contributed by atoms with Gasteiger partial charge in [-0.3, -0.25) is 19.4 Å². The van der Waals surface area contributed by atoms with Crippen molar-refractivity contribution < 1.29 is 18.8 Å². The Morgan fingerprint density at radius 1 is 1.10 bits per heavy atom. The Balaban J connectivity index is 1.70. The molecule has 0 spiro atoms. The Morgan fingerprint density at radius 2 is 1.84 bits per heavy atom. The standard InChI is InChI=1S/C23H17FIN3O3/c24-19-6-2-1-5-18(19)22(30)27(14-15-4-3-11-26-13-15)20-12-21(29)28(23(20)31)17-9-7-16(25)8-10-17/h1-11,13,20H,12,14H2. The van der Waals surface area contributed by atoms with Gasteiger partial charge in [-0.05, 0) is 70.6 Å². The van der Waals surface area contributed by atoms with E-state index in [9.17, 15) is 18.8 Å². The number of hydrogen-bond donors (Lipinski definition) is 0. The number of pyridine rings is 1. The number of hydrogen-bond acceptors (Lipinski definition) is 4. The van der Waals surface area contributed by atoms with E-state index in [0.29, 0.717) is 11.3 Å². The highest BCUT2D eigenvalue weighted by atomic mass is 127. The van der Waals surface area contributed by atoms with Crippen LogP contribution in [0.1, 0.15) is 22.3 Å². The number of rotatable bonds is 5. The molecule has 31 heavy (non-hydrogen) atoms. The zero-order valence-electron chi connectivity index (χ0n) is 16.2. The fraction of sp³-hybridized carbons (Fsp3) is 0.130. The fourth-order valence-electron chi connectivity index (χ4n) is 3.52. The summed E-state index contributed by atoms with van der Waals surface area (Å²) >= 11 is 2.13. The highest BCUT2D eigenvalue weighted by molar-refractivity contribution is 14.1. The third kappa shape index (κ3) is 4.34. The highest BCUT2D eigenvalue weighted by Crippen LogP contribution is 2.28. The first kappa shape index (κ1) is 21.1. The number of carbonyl (C=O) groups is 3. The van der Waals surface area contributed by atoms with Gasteiger partial charge in [-0.2, -0.15) is 0 Å². The largest absolute Gasteiger partial charge is 0.322 e. The minimum absolute atomic E-state index is 0.0191. The molecule has 2 aromatic carbocycles. The smallest absolute Gasteiger partial charge is 0.257 e. The van der Waals surface area contributed by atoms with E-state index in [-0.39, 0.29) is 18.5 Å². The predicted octanol–water partition coefficient (Wildman–Crippen LogP) is 3.80. The lowest BCUT2D eigenvalue weighted by molar-refractivity contribution is -0.122. The molecule has 0 bridgehead atoms. The molecule has 1 atom stereocenters. The highest BCUT2D eigenvalue weighted by Gasteiger charge is 2.44. The molecule has 1 aliphatic rings. The Kier molecular flexibility index (Phi) is 6.08. The van der Waals surface area contributed by atoms with Crippen molar-refractivity contribution in [1.29, 1.82) is 0 Å². The van der Waals surface area contributed by atoms with Gasteiger partial charge in [0.2, 0.25) is 5.91 Å². The Morgan fingerprint density at radius 3 is 2.52 bits per heavy atom. The minimum Gasteiger partial charge on any atom is -0.322 e. The molecule has 1 aliphatic heterocycles. The summed E-state index contributed by atoms with van der Waals surface area (Å²) in [7, 11) is 0. The van der Waals surface area contributed by atoms with Gasteiger partial charge in [0.1, 0.15) is 11.9 Å². The summed E-state index contributed by atoms with van der Waals surface area (Å²) in [6, 6.07) is 15.0. The third-order valence-electron chi connectivity index (χ3n) is 5.02. The Hall–Kier alpha value is -3.14. The number of amides is 3. The van der Waals surface area contributed by atoms with Gasteiger partial charge in [0, 0.05) is 22.5 Å². The normalized spacial score (nSPS) is 15.9. The van der Waals surface area contributed by atoms with E-state index in [1.165, 1.54) is 23.1 Å². The van der Waals surface area contributed by atoms with Crippen LogP contribution < -0.4 is 4.90 Å².